The van der Waals surface area contributed by atoms with Gasteiger partial charge in [-0.25, -0.2) is 0 Å². The van der Waals surface area contributed by atoms with Gasteiger partial charge in [0, 0.05) is 12.0 Å². The molecule has 2 aromatic rings. The summed E-state index contributed by atoms with van der Waals surface area (Å²) in [6.45, 7) is 7.09. The van der Waals surface area contributed by atoms with Crippen molar-refractivity contribution < 1.29 is 19.2 Å². The van der Waals surface area contributed by atoms with Gasteiger partial charge >= 0.3 is 0 Å². The molecule has 0 fully saturated rings. The summed E-state index contributed by atoms with van der Waals surface area (Å²) in [5, 5.41) is 12.0. The van der Waals surface area contributed by atoms with Crippen LogP contribution in [0.4, 0.5) is 5.69 Å². The molecule has 1 unspecified atom stereocenters. The number of fused-ring (bicyclic) bond motifs is 1. The smallest absolute Gasteiger partial charge is 0.279 e. The first kappa shape index (κ1) is 19.7. The molecule has 0 aliphatic carbocycles. The molecular weight excluding hydrogens is 354 g/mol. The van der Waals surface area contributed by atoms with Crippen LogP contribution in [0.15, 0.2) is 36.4 Å². The van der Waals surface area contributed by atoms with E-state index in [2.05, 4.69) is 17.5 Å². The van der Waals surface area contributed by atoms with Crippen molar-refractivity contribution in [3.63, 3.8) is 0 Å². The van der Waals surface area contributed by atoms with Crippen molar-refractivity contribution in [1.82, 2.24) is 0 Å². The van der Waals surface area contributed by atoms with E-state index in [1.807, 2.05) is 26.0 Å². The highest BCUT2D eigenvalue weighted by molar-refractivity contribution is 5.92. The monoisotopic (exact) mass is 380 g/mol. The number of carbonyl (C=O) groups excluding carboxylic acids is 1. The van der Waals surface area contributed by atoms with E-state index < -0.39 is 0 Å². The summed E-state index contributed by atoms with van der Waals surface area (Å²) in [4.78, 5) is 13.7. The molecule has 0 spiro atoms. The molecule has 0 radical (unpaired) electrons. The van der Waals surface area contributed by atoms with Crippen molar-refractivity contribution in [2.24, 2.45) is 0 Å². The maximum absolute atomic E-state index is 12.5. The third-order valence-electron chi connectivity index (χ3n) is 4.79. The minimum absolute atomic E-state index is 0.0860. The maximum Gasteiger partial charge on any atom is 0.279 e. The Labute approximate surface area is 165 Å². The van der Waals surface area contributed by atoms with Crippen molar-refractivity contribution in [3.05, 3.63) is 53.1 Å². The number of hydrogen-bond acceptors (Lipinski definition) is 4. The van der Waals surface area contributed by atoms with Gasteiger partial charge in [0.15, 0.2) is 18.0 Å². The summed E-state index contributed by atoms with van der Waals surface area (Å²) in [7, 11) is 0. The zero-order chi connectivity index (χ0) is 19.9. The van der Waals surface area contributed by atoms with E-state index in [4.69, 9.17) is 14.7 Å². The molecule has 1 aliphatic rings. The number of nitrogens with one attached hydrogen (secondary N) is 2. The molecule has 2 N–H and O–H groups in total. The Morgan fingerprint density at radius 2 is 1.82 bits per heavy atom. The number of nitriles is 1. The number of benzene rings is 2. The van der Waals surface area contributed by atoms with E-state index in [0.717, 1.165) is 31.0 Å². The third kappa shape index (κ3) is 4.62. The van der Waals surface area contributed by atoms with Crippen molar-refractivity contribution in [2.75, 3.05) is 31.6 Å². The number of hydrogen-bond donors (Lipinski definition) is 2. The number of quaternary nitrogens is 1. The number of rotatable bonds is 7. The molecule has 1 amide bonds. The van der Waals surface area contributed by atoms with Crippen LogP contribution >= 0.6 is 0 Å². The molecule has 6 heteroatoms. The van der Waals surface area contributed by atoms with Crippen molar-refractivity contribution in [1.29, 1.82) is 5.26 Å². The Kier molecular flexibility index (Phi) is 6.51. The predicted molar refractivity (Wildman–Crippen MR) is 107 cm³/mol. The molecule has 0 saturated carbocycles. The summed E-state index contributed by atoms with van der Waals surface area (Å²) in [6, 6.07) is 13.3. The SMILES string of the molecule is CCOc1cc2c(cc1OCC)C[NH+](CC(=O)Nc1ccccc1C#N)CC2. The molecular formula is C22H26N3O3+. The van der Waals surface area contributed by atoms with Crippen LogP contribution in [0.25, 0.3) is 0 Å². The van der Waals surface area contributed by atoms with Gasteiger partial charge < -0.3 is 19.7 Å². The normalized spacial score (nSPS) is 15.2. The fourth-order valence-corrected chi connectivity index (χ4v) is 3.51. The van der Waals surface area contributed by atoms with E-state index in [1.54, 1.807) is 18.2 Å². The second-order valence-corrected chi connectivity index (χ2v) is 6.74. The van der Waals surface area contributed by atoms with Crippen LogP contribution < -0.4 is 19.7 Å². The van der Waals surface area contributed by atoms with Crippen LogP contribution in [-0.4, -0.2) is 32.2 Å². The van der Waals surface area contributed by atoms with E-state index in [0.29, 0.717) is 31.0 Å². The lowest BCUT2D eigenvalue weighted by Crippen LogP contribution is -3.12. The average molecular weight is 380 g/mol. The lowest BCUT2D eigenvalue weighted by atomic mass is 9.98. The minimum Gasteiger partial charge on any atom is -0.490 e. The van der Waals surface area contributed by atoms with Crippen molar-refractivity contribution in [3.8, 4) is 17.6 Å². The first-order valence-corrected chi connectivity index (χ1v) is 9.68. The molecule has 0 aromatic heterocycles. The lowest BCUT2D eigenvalue weighted by molar-refractivity contribution is -0.907. The quantitative estimate of drug-likeness (QED) is 0.770. The standard InChI is InChI=1S/C22H25N3O3/c1-3-27-20-11-16-9-10-25(14-18(16)12-21(20)28-4-2)15-22(26)24-19-8-6-5-7-17(19)13-23/h5-8,11-12H,3-4,9-10,14-15H2,1-2H3,(H,24,26)/p+1. The van der Waals surface area contributed by atoms with Crippen LogP contribution in [0.5, 0.6) is 11.5 Å². The molecule has 3 rings (SSSR count). The Morgan fingerprint density at radius 1 is 1.14 bits per heavy atom. The van der Waals surface area contributed by atoms with Gasteiger partial charge in [0.05, 0.1) is 31.0 Å². The fourth-order valence-electron chi connectivity index (χ4n) is 3.51. The van der Waals surface area contributed by atoms with E-state index >= 15 is 0 Å². The predicted octanol–water partition coefficient (Wildman–Crippen LogP) is 1.94. The number of amides is 1. The summed E-state index contributed by atoms with van der Waals surface area (Å²) in [6.07, 6.45) is 0.888. The van der Waals surface area contributed by atoms with Gasteiger partial charge in [-0.15, -0.1) is 0 Å². The molecule has 2 aromatic carbocycles. The van der Waals surface area contributed by atoms with Crippen LogP contribution in [-0.2, 0) is 17.8 Å². The molecule has 6 nitrogen and oxygen atoms in total. The number of carbonyl (C=O) groups is 1. The van der Waals surface area contributed by atoms with Crippen LogP contribution in [0.3, 0.4) is 0 Å². The van der Waals surface area contributed by atoms with Gasteiger partial charge in [-0.3, -0.25) is 4.79 Å². The largest absolute Gasteiger partial charge is 0.490 e. The van der Waals surface area contributed by atoms with Gasteiger partial charge in [-0.1, -0.05) is 12.1 Å². The third-order valence-corrected chi connectivity index (χ3v) is 4.79. The highest BCUT2D eigenvalue weighted by Crippen LogP contribution is 2.32. The zero-order valence-corrected chi connectivity index (χ0v) is 16.4. The number of nitrogens with zero attached hydrogens (tertiary/aromatic N) is 1. The fraction of sp³-hybridized carbons (Fsp3) is 0.364. The summed E-state index contributed by atoms with van der Waals surface area (Å²) in [5.41, 5.74) is 3.48. The summed E-state index contributed by atoms with van der Waals surface area (Å²) in [5.74, 6) is 1.46. The highest BCUT2D eigenvalue weighted by Gasteiger charge is 2.24. The zero-order valence-electron chi connectivity index (χ0n) is 16.4. The lowest BCUT2D eigenvalue weighted by Gasteiger charge is -2.26. The van der Waals surface area contributed by atoms with Gasteiger partial charge in [-0.05, 0) is 43.7 Å². The van der Waals surface area contributed by atoms with Crippen LogP contribution in [0.1, 0.15) is 30.5 Å². The van der Waals surface area contributed by atoms with Crippen LogP contribution in [0.2, 0.25) is 0 Å². The van der Waals surface area contributed by atoms with Gasteiger partial charge in [0.25, 0.3) is 5.91 Å². The first-order chi connectivity index (χ1) is 13.6. The summed E-state index contributed by atoms with van der Waals surface area (Å²) < 4.78 is 11.4. The van der Waals surface area contributed by atoms with Gasteiger partial charge in [-0.2, -0.15) is 5.26 Å². The number of para-hydroxylation sites is 1. The number of anilines is 1. The van der Waals surface area contributed by atoms with Crippen molar-refractivity contribution >= 4 is 11.6 Å². The molecule has 1 heterocycles. The summed E-state index contributed by atoms with van der Waals surface area (Å²) >= 11 is 0. The number of ether oxygens (including phenoxy) is 2. The molecule has 0 bridgehead atoms. The van der Waals surface area contributed by atoms with E-state index in [-0.39, 0.29) is 5.91 Å². The molecule has 1 aliphatic heterocycles. The highest BCUT2D eigenvalue weighted by atomic mass is 16.5. The van der Waals surface area contributed by atoms with Gasteiger partial charge in [0.1, 0.15) is 12.6 Å². The Balaban J connectivity index is 1.68. The topological polar surface area (TPSA) is 75.8 Å². The Bertz CT molecular complexity index is 889. The van der Waals surface area contributed by atoms with E-state index in [1.165, 1.54) is 16.0 Å². The molecule has 146 valence electrons. The average Bonchev–Trinajstić information content (AvgIpc) is 2.69. The Hall–Kier alpha value is -3.04. The van der Waals surface area contributed by atoms with Crippen molar-refractivity contribution in [2.45, 2.75) is 26.8 Å². The maximum atomic E-state index is 12.5. The van der Waals surface area contributed by atoms with Gasteiger partial charge in [0.2, 0.25) is 0 Å². The Morgan fingerprint density at radius 3 is 2.50 bits per heavy atom. The molecule has 0 saturated heterocycles. The minimum atomic E-state index is -0.0860. The van der Waals surface area contributed by atoms with E-state index in [9.17, 15) is 4.79 Å². The second-order valence-electron chi connectivity index (χ2n) is 6.74. The molecule has 28 heavy (non-hydrogen) atoms. The first-order valence-electron chi connectivity index (χ1n) is 9.68. The second kappa shape index (κ2) is 9.25. The van der Waals surface area contributed by atoms with Crippen LogP contribution in [0, 0.1) is 11.3 Å². The molecule has 1 atom stereocenters.